The second-order valence-electron chi connectivity index (χ2n) is 4.72. The number of rotatable bonds is 6. The third kappa shape index (κ3) is 4.86. The highest BCUT2D eigenvalue weighted by Gasteiger charge is 2.18. The average Bonchev–Trinajstić information content (AvgIpc) is 2.87. The first kappa shape index (κ1) is 17.1. The van der Waals surface area contributed by atoms with Crippen molar-refractivity contribution in [3.63, 3.8) is 0 Å². The number of aromatic nitrogens is 2. The Hall–Kier alpha value is -1.31. The summed E-state index contributed by atoms with van der Waals surface area (Å²) in [6, 6.07) is 7.03. The molecule has 1 amide bonds. The van der Waals surface area contributed by atoms with E-state index in [9.17, 15) is 4.79 Å². The molecular weight excluding hydrogens is 342 g/mol. The van der Waals surface area contributed by atoms with Crippen LogP contribution in [0.1, 0.15) is 20.8 Å². The van der Waals surface area contributed by atoms with Crippen molar-refractivity contribution in [2.75, 3.05) is 5.32 Å². The Bertz CT molecular complexity index is 649. The molecule has 0 aliphatic heterocycles. The van der Waals surface area contributed by atoms with Gasteiger partial charge >= 0.3 is 0 Å². The summed E-state index contributed by atoms with van der Waals surface area (Å²) in [5.74, 6) is 0.178. The molecule has 1 aromatic heterocycles. The van der Waals surface area contributed by atoms with E-state index in [2.05, 4.69) is 29.4 Å². The summed E-state index contributed by atoms with van der Waals surface area (Å²) in [5.41, 5.74) is 0. The first-order valence-corrected chi connectivity index (χ1v) is 8.75. The zero-order valence-corrected chi connectivity index (χ0v) is 14.8. The van der Waals surface area contributed by atoms with Gasteiger partial charge in [0.15, 0.2) is 10.4 Å². The van der Waals surface area contributed by atoms with Crippen LogP contribution in [0.5, 0.6) is 5.75 Å². The second kappa shape index (κ2) is 7.80. The molecule has 2 rings (SSSR count). The fourth-order valence-corrected chi connectivity index (χ4v) is 3.66. The van der Waals surface area contributed by atoms with Crippen LogP contribution in [0.15, 0.2) is 28.6 Å². The number of carbonyl (C=O) groups excluding carboxylic acids is 1. The lowest BCUT2D eigenvalue weighted by Crippen LogP contribution is -2.30. The molecular formula is C14H16ClN3O2S2. The summed E-state index contributed by atoms with van der Waals surface area (Å²) in [6.45, 7) is 5.80. The number of ether oxygens (including phenoxy) is 1. The number of para-hydroxylation sites is 1. The van der Waals surface area contributed by atoms with Crippen LogP contribution >= 0.6 is 34.7 Å². The summed E-state index contributed by atoms with van der Waals surface area (Å²) in [4.78, 5) is 12.1. The number of nitrogens with zero attached hydrogens (tertiary/aromatic N) is 2. The van der Waals surface area contributed by atoms with Crippen molar-refractivity contribution in [1.82, 2.24) is 10.2 Å². The number of thioether (sulfide) groups is 1. The summed E-state index contributed by atoms with van der Waals surface area (Å²) < 4.78 is 6.38. The number of nitrogens with one attached hydrogen (secondary N) is 1. The van der Waals surface area contributed by atoms with Crippen LogP contribution in [0, 0.1) is 0 Å². The number of anilines is 1. The molecule has 0 saturated heterocycles. The number of halogens is 1. The van der Waals surface area contributed by atoms with Crippen LogP contribution in [0.4, 0.5) is 5.13 Å². The van der Waals surface area contributed by atoms with Gasteiger partial charge < -0.3 is 4.74 Å². The Kier molecular flexibility index (Phi) is 6.05. The molecule has 5 nitrogen and oxygen atoms in total. The first-order valence-electron chi connectivity index (χ1n) is 6.68. The lowest BCUT2D eigenvalue weighted by molar-refractivity contribution is -0.122. The van der Waals surface area contributed by atoms with Gasteiger partial charge in [0.05, 0.1) is 5.02 Å². The molecule has 1 N–H and O–H groups in total. The number of benzene rings is 1. The van der Waals surface area contributed by atoms with E-state index in [1.807, 2.05) is 0 Å². The normalized spacial score (nSPS) is 12.2. The molecule has 0 unspecified atom stereocenters. The zero-order chi connectivity index (χ0) is 16.1. The minimum Gasteiger partial charge on any atom is -0.479 e. The van der Waals surface area contributed by atoms with E-state index in [1.54, 1.807) is 43.0 Å². The smallest absolute Gasteiger partial charge is 0.266 e. The molecule has 0 aliphatic carbocycles. The lowest BCUT2D eigenvalue weighted by Gasteiger charge is -2.14. The van der Waals surface area contributed by atoms with Gasteiger partial charge in [0, 0.05) is 5.25 Å². The predicted molar refractivity (Wildman–Crippen MR) is 91.1 cm³/mol. The molecule has 22 heavy (non-hydrogen) atoms. The highest BCUT2D eigenvalue weighted by Crippen LogP contribution is 2.29. The van der Waals surface area contributed by atoms with Gasteiger partial charge in [-0.2, -0.15) is 0 Å². The molecule has 0 saturated carbocycles. The number of carbonyl (C=O) groups is 1. The van der Waals surface area contributed by atoms with Crippen LogP contribution in [-0.2, 0) is 4.79 Å². The van der Waals surface area contributed by atoms with Crippen LogP contribution in [0.3, 0.4) is 0 Å². The largest absolute Gasteiger partial charge is 0.479 e. The predicted octanol–water partition coefficient (Wildman–Crippen LogP) is 4.10. The topological polar surface area (TPSA) is 64.1 Å². The molecule has 8 heteroatoms. The van der Waals surface area contributed by atoms with Crippen molar-refractivity contribution in [1.29, 1.82) is 0 Å². The van der Waals surface area contributed by atoms with E-state index in [-0.39, 0.29) is 5.91 Å². The number of hydrogen-bond acceptors (Lipinski definition) is 6. The Morgan fingerprint density at radius 2 is 2.05 bits per heavy atom. The molecule has 1 heterocycles. The van der Waals surface area contributed by atoms with Crippen molar-refractivity contribution in [2.45, 2.75) is 36.5 Å². The van der Waals surface area contributed by atoms with Gasteiger partial charge in [0.1, 0.15) is 5.75 Å². The average molecular weight is 358 g/mol. The quantitative estimate of drug-likeness (QED) is 0.623. The van der Waals surface area contributed by atoms with Gasteiger partial charge in [0.25, 0.3) is 5.91 Å². The van der Waals surface area contributed by atoms with Crippen molar-refractivity contribution < 1.29 is 9.53 Å². The van der Waals surface area contributed by atoms with Gasteiger partial charge in [0.2, 0.25) is 5.13 Å². The molecule has 1 atom stereocenters. The van der Waals surface area contributed by atoms with Gasteiger partial charge in [-0.15, -0.1) is 10.2 Å². The van der Waals surface area contributed by atoms with Gasteiger partial charge in [-0.1, -0.05) is 60.7 Å². The Balaban J connectivity index is 1.94. The van der Waals surface area contributed by atoms with Crippen molar-refractivity contribution in [3.05, 3.63) is 29.3 Å². The Morgan fingerprint density at radius 3 is 2.73 bits per heavy atom. The van der Waals surface area contributed by atoms with E-state index in [4.69, 9.17) is 16.3 Å². The molecule has 0 fully saturated rings. The summed E-state index contributed by atoms with van der Waals surface area (Å²) in [6.07, 6.45) is -0.690. The number of hydrogen-bond donors (Lipinski definition) is 1. The molecule has 0 spiro atoms. The summed E-state index contributed by atoms with van der Waals surface area (Å²) in [7, 11) is 0. The van der Waals surface area contributed by atoms with E-state index in [1.165, 1.54) is 11.3 Å². The van der Waals surface area contributed by atoms with Crippen LogP contribution in [0.25, 0.3) is 0 Å². The summed E-state index contributed by atoms with van der Waals surface area (Å²) in [5, 5.41) is 12.0. The summed E-state index contributed by atoms with van der Waals surface area (Å²) >= 11 is 8.95. The molecule has 2 aromatic rings. The molecule has 0 radical (unpaired) electrons. The lowest BCUT2D eigenvalue weighted by atomic mass is 10.3. The Morgan fingerprint density at radius 1 is 1.32 bits per heavy atom. The second-order valence-corrected chi connectivity index (χ2v) is 7.93. The fraction of sp³-hybridized carbons (Fsp3) is 0.357. The third-order valence-corrected chi connectivity index (χ3v) is 4.72. The van der Waals surface area contributed by atoms with Crippen molar-refractivity contribution in [3.8, 4) is 5.75 Å². The van der Waals surface area contributed by atoms with Crippen LogP contribution in [0.2, 0.25) is 5.02 Å². The maximum atomic E-state index is 12.1. The van der Waals surface area contributed by atoms with Gasteiger partial charge in [-0.3, -0.25) is 10.1 Å². The molecule has 0 bridgehead atoms. The van der Waals surface area contributed by atoms with Crippen molar-refractivity contribution in [2.24, 2.45) is 0 Å². The monoisotopic (exact) mass is 357 g/mol. The van der Waals surface area contributed by atoms with E-state index in [0.29, 0.717) is 21.2 Å². The van der Waals surface area contributed by atoms with Gasteiger partial charge in [-0.05, 0) is 19.1 Å². The van der Waals surface area contributed by atoms with Crippen LogP contribution < -0.4 is 10.1 Å². The molecule has 0 aliphatic rings. The molecule has 1 aromatic carbocycles. The van der Waals surface area contributed by atoms with E-state index >= 15 is 0 Å². The van der Waals surface area contributed by atoms with E-state index < -0.39 is 6.10 Å². The highest BCUT2D eigenvalue weighted by atomic mass is 35.5. The van der Waals surface area contributed by atoms with Crippen LogP contribution in [-0.4, -0.2) is 27.5 Å². The maximum Gasteiger partial charge on any atom is 0.266 e. The minimum atomic E-state index is -0.690. The first-order chi connectivity index (χ1) is 10.5. The third-order valence-electron chi connectivity index (χ3n) is 2.48. The van der Waals surface area contributed by atoms with Gasteiger partial charge in [-0.25, -0.2) is 0 Å². The molecule has 118 valence electrons. The maximum absolute atomic E-state index is 12.1. The minimum absolute atomic E-state index is 0.294. The number of amides is 1. The Labute approximate surface area is 142 Å². The SMILES string of the molecule is CC(C)Sc1nnc(NC(=O)[C@@H](C)Oc2ccccc2Cl)s1. The standard InChI is InChI=1S/C14H16ClN3O2S2/c1-8(2)21-14-18-17-13(22-14)16-12(19)9(3)20-11-7-5-4-6-10(11)15/h4-9H,1-3H3,(H,16,17,19)/t9-/m1/s1. The fourth-order valence-electron chi connectivity index (χ4n) is 1.50. The zero-order valence-electron chi connectivity index (χ0n) is 12.4. The van der Waals surface area contributed by atoms with E-state index in [0.717, 1.165) is 4.34 Å². The van der Waals surface area contributed by atoms with Crippen molar-refractivity contribution >= 4 is 45.7 Å². The highest BCUT2D eigenvalue weighted by molar-refractivity contribution is 8.01.